The molecule has 4 heterocycles. The van der Waals surface area contributed by atoms with Crippen LogP contribution in [0, 0.1) is 25.7 Å². The van der Waals surface area contributed by atoms with E-state index >= 15 is 0 Å². The number of benzene rings is 1. The highest BCUT2D eigenvalue weighted by atomic mass is 16.6. The van der Waals surface area contributed by atoms with Crippen LogP contribution in [0.25, 0.3) is 0 Å². The highest BCUT2D eigenvalue weighted by Gasteiger charge is 2.71. The molecule has 2 amide bonds. The number of para-hydroxylation sites is 1. The van der Waals surface area contributed by atoms with E-state index in [9.17, 15) is 14.4 Å². The summed E-state index contributed by atoms with van der Waals surface area (Å²) in [5.41, 5.74) is 1.56. The molecule has 1 aromatic carbocycles. The molecule has 1 N–H and O–H groups in total. The monoisotopic (exact) mass is 508 g/mol. The molecule has 2 fully saturated rings. The number of ether oxygens (including phenoxy) is 2. The smallest absolute Gasteiger partial charge is 0.312 e. The molecule has 4 aliphatic heterocycles. The molecule has 37 heavy (non-hydrogen) atoms. The van der Waals surface area contributed by atoms with Gasteiger partial charge in [-0.2, -0.15) is 0 Å². The van der Waals surface area contributed by atoms with Crippen molar-refractivity contribution < 1.29 is 29.0 Å². The zero-order valence-electron chi connectivity index (χ0n) is 21.6. The number of carbonyl (C=O) groups is 3. The summed E-state index contributed by atoms with van der Waals surface area (Å²) in [5.74, 6) is -2.49. The lowest BCUT2D eigenvalue weighted by atomic mass is 9.77. The third-order valence-corrected chi connectivity index (χ3v) is 8.14. The number of likely N-dealkylation sites (tertiary alicyclic amines) is 1. The third kappa shape index (κ3) is 4.30. The van der Waals surface area contributed by atoms with E-state index < -0.39 is 35.6 Å². The molecule has 0 saturated carbocycles. The lowest BCUT2D eigenvalue weighted by Crippen LogP contribution is -2.55. The van der Waals surface area contributed by atoms with Gasteiger partial charge in [-0.15, -0.1) is 0 Å². The molecular weight excluding hydrogens is 472 g/mol. The number of aliphatic hydroxyl groups is 1. The van der Waals surface area contributed by atoms with E-state index in [1.54, 1.807) is 9.80 Å². The van der Waals surface area contributed by atoms with Crippen molar-refractivity contribution in [2.24, 2.45) is 11.8 Å². The largest absolute Gasteiger partial charge is 0.465 e. The summed E-state index contributed by atoms with van der Waals surface area (Å²) in [7, 11) is 0. The third-order valence-electron chi connectivity index (χ3n) is 8.14. The van der Waals surface area contributed by atoms with Crippen LogP contribution < -0.4 is 4.90 Å². The van der Waals surface area contributed by atoms with E-state index in [1.807, 2.05) is 56.4 Å². The molecule has 0 aliphatic carbocycles. The number of hydrogen-bond donors (Lipinski definition) is 1. The molecule has 198 valence electrons. The fourth-order valence-corrected chi connectivity index (χ4v) is 6.53. The number of aliphatic hydroxyl groups excluding tert-OH is 1. The number of fused-ring (bicyclic) bond motifs is 2. The Morgan fingerprint density at radius 2 is 1.78 bits per heavy atom. The molecule has 8 heteroatoms. The number of aryl methyl sites for hydroxylation is 2. The SMILES string of the molecule is Cc1cccc(C)c1N1CC=C[C@]23O[C@@H]4C=CCCOC(=O)[C@@H]4[C@H]2C(=O)N(CCCCCCO)C3C1=O. The Kier molecular flexibility index (Phi) is 7.23. The van der Waals surface area contributed by atoms with Crippen LogP contribution in [0.4, 0.5) is 5.69 Å². The van der Waals surface area contributed by atoms with Crippen LogP contribution in [-0.2, 0) is 23.9 Å². The molecule has 0 aromatic heterocycles. The minimum atomic E-state index is -1.24. The molecule has 2 saturated heterocycles. The van der Waals surface area contributed by atoms with Gasteiger partial charge >= 0.3 is 5.97 Å². The van der Waals surface area contributed by atoms with Crippen molar-refractivity contribution in [2.45, 2.75) is 63.7 Å². The Bertz CT molecular complexity index is 1110. The fourth-order valence-electron chi connectivity index (χ4n) is 6.53. The molecule has 1 unspecified atom stereocenters. The molecule has 1 aromatic rings. The Morgan fingerprint density at radius 3 is 2.54 bits per heavy atom. The first-order chi connectivity index (χ1) is 17.9. The van der Waals surface area contributed by atoms with E-state index in [0.717, 1.165) is 29.7 Å². The topological polar surface area (TPSA) is 96.4 Å². The normalized spacial score (nSPS) is 30.9. The number of esters is 1. The van der Waals surface area contributed by atoms with Crippen molar-refractivity contribution in [3.63, 3.8) is 0 Å². The van der Waals surface area contributed by atoms with E-state index in [1.165, 1.54) is 0 Å². The maximum absolute atomic E-state index is 14.4. The number of nitrogens with zero attached hydrogens (tertiary/aromatic N) is 2. The van der Waals surface area contributed by atoms with Gasteiger partial charge in [-0.25, -0.2) is 0 Å². The van der Waals surface area contributed by atoms with Gasteiger partial charge in [-0.05, 0) is 44.2 Å². The second-order valence-corrected chi connectivity index (χ2v) is 10.5. The highest BCUT2D eigenvalue weighted by Crippen LogP contribution is 2.53. The number of rotatable bonds is 7. The Labute approximate surface area is 217 Å². The molecule has 0 bridgehead atoms. The van der Waals surface area contributed by atoms with Crippen LogP contribution in [0.1, 0.15) is 43.2 Å². The van der Waals surface area contributed by atoms with Gasteiger partial charge in [0.15, 0.2) is 0 Å². The van der Waals surface area contributed by atoms with Gasteiger partial charge in [0.1, 0.15) is 17.6 Å². The number of amides is 2. The first-order valence-electron chi connectivity index (χ1n) is 13.4. The van der Waals surface area contributed by atoms with Crippen molar-refractivity contribution in [3.05, 3.63) is 53.6 Å². The zero-order chi connectivity index (χ0) is 26.2. The zero-order valence-corrected chi connectivity index (χ0v) is 21.6. The summed E-state index contributed by atoms with van der Waals surface area (Å²) < 4.78 is 12.1. The second kappa shape index (κ2) is 10.4. The highest BCUT2D eigenvalue weighted by molar-refractivity contribution is 6.06. The summed E-state index contributed by atoms with van der Waals surface area (Å²) in [4.78, 5) is 45.0. The molecule has 1 spiro atoms. The van der Waals surface area contributed by atoms with Gasteiger partial charge in [0.25, 0.3) is 5.91 Å². The summed E-state index contributed by atoms with van der Waals surface area (Å²) in [6.45, 7) is 5.11. The van der Waals surface area contributed by atoms with Crippen LogP contribution >= 0.6 is 0 Å². The minimum Gasteiger partial charge on any atom is -0.465 e. The van der Waals surface area contributed by atoms with Crippen LogP contribution in [-0.4, -0.2) is 71.8 Å². The van der Waals surface area contributed by atoms with Crippen LogP contribution in [0.15, 0.2) is 42.5 Å². The van der Waals surface area contributed by atoms with E-state index in [0.29, 0.717) is 32.4 Å². The second-order valence-electron chi connectivity index (χ2n) is 10.5. The average Bonchev–Trinajstić information content (AvgIpc) is 3.23. The van der Waals surface area contributed by atoms with E-state index in [4.69, 9.17) is 14.6 Å². The van der Waals surface area contributed by atoms with Crippen molar-refractivity contribution >= 4 is 23.5 Å². The van der Waals surface area contributed by atoms with Crippen molar-refractivity contribution in [3.8, 4) is 0 Å². The summed E-state index contributed by atoms with van der Waals surface area (Å²) in [6.07, 6.45) is 10.6. The fraction of sp³-hybridized carbons (Fsp3) is 0.552. The number of carbonyl (C=O) groups excluding carboxylic acids is 3. The molecule has 0 radical (unpaired) electrons. The van der Waals surface area contributed by atoms with Crippen molar-refractivity contribution in [1.29, 1.82) is 0 Å². The molecule has 8 nitrogen and oxygen atoms in total. The van der Waals surface area contributed by atoms with Crippen molar-refractivity contribution in [2.75, 3.05) is 31.2 Å². The molecule has 5 atom stereocenters. The van der Waals surface area contributed by atoms with Gasteiger partial charge in [-0.1, -0.05) is 55.3 Å². The van der Waals surface area contributed by atoms with Crippen LogP contribution in [0.2, 0.25) is 0 Å². The molecule has 5 rings (SSSR count). The van der Waals surface area contributed by atoms with Gasteiger partial charge in [-0.3, -0.25) is 14.4 Å². The number of unbranched alkanes of at least 4 members (excludes halogenated alkanes) is 3. The Morgan fingerprint density at radius 1 is 1.03 bits per heavy atom. The maximum Gasteiger partial charge on any atom is 0.312 e. The summed E-state index contributed by atoms with van der Waals surface area (Å²) >= 11 is 0. The lowest BCUT2D eigenvalue weighted by molar-refractivity contribution is -0.154. The van der Waals surface area contributed by atoms with Crippen LogP contribution in [0.3, 0.4) is 0 Å². The predicted molar refractivity (Wildman–Crippen MR) is 138 cm³/mol. The van der Waals surface area contributed by atoms with Gasteiger partial charge in [0.05, 0.1) is 18.6 Å². The van der Waals surface area contributed by atoms with Crippen LogP contribution in [0.5, 0.6) is 0 Å². The lowest BCUT2D eigenvalue weighted by Gasteiger charge is -2.36. The Hall–Kier alpha value is -2.97. The van der Waals surface area contributed by atoms with E-state index in [-0.39, 0.29) is 25.0 Å². The average molecular weight is 509 g/mol. The van der Waals surface area contributed by atoms with E-state index in [2.05, 4.69) is 0 Å². The standard InChI is InChI=1S/C29H36N2O6/c1-19-11-9-12-20(2)24(19)30-16-10-14-29-23(22-21(37-29)13-5-8-18-36-28(22)35)26(33)31(25(29)27(30)34)15-6-3-4-7-17-32/h5,9-14,21-23,25,32H,3-4,6-8,15-18H2,1-2H3/t21-,22+,23+,25?,29+/m1/s1. The van der Waals surface area contributed by atoms with Crippen molar-refractivity contribution in [1.82, 2.24) is 4.90 Å². The number of cyclic esters (lactones) is 1. The van der Waals surface area contributed by atoms with Gasteiger partial charge in [0, 0.05) is 25.4 Å². The van der Waals surface area contributed by atoms with Gasteiger partial charge < -0.3 is 24.4 Å². The predicted octanol–water partition coefficient (Wildman–Crippen LogP) is 2.84. The minimum absolute atomic E-state index is 0.136. The summed E-state index contributed by atoms with van der Waals surface area (Å²) in [6, 6.07) is 5.05. The van der Waals surface area contributed by atoms with Gasteiger partial charge in [0.2, 0.25) is 5.91 Å². The maximum atomic E-state index is 14.4. The number of hydrogen-bond acceptors (Lipinski definition) is 6. The Balaban J connectivity index is 1.56. The molecule has 4 aliphatic rings. The molecular formula is C29H36N2O6. The quantitative estimate of drug-likeness (QED) is 0.346. The number of anilines is 1. The summed E-state index contributed by atoms with van der Waals surface area (Å²) in [5, 5.41) is 9.12. The first kappa shape index (κ1) is 25.7. The first-order valence-corrected chi connectivity index (χ1v) is 13.4.